The molecule has 0 unspecified atom stereocenters. The smallest absolute Gasteiger partial charge is 0.308 e. The van der Waals surface area contributed by atoms with Gasteiger partial charge >= 0.3 is 10.2 Å². The van der Waals surface area contributed by atoms with Crippen molar-refractivity contribution in [3.05, 3.63) is 54.4 Å². The quantitative estimate of drug-likeness (QED) is 0.783. The van der Waals surface area contributed by atoms with Crippen molar-refractivity contribution in [1.82, 2.24) is 9.88 Å². The lowest BCUT2D eigenvalue weighted by Crippen LogP contribution is -2.44. The molecular formula is C17H17N5O2S. The number of benzene rings is 1. The van der Waals surface area contributed by atoms with Gasteiger partial charge in [0.15, 0.2) is 6.19 Å². The summed E-state index contributed by atoms with van der Waals surface area (Å²) in [6.45, 7) is 1.24. The maximum atomic E-state index is 13.3. The van der Waals surface area contributed by atoms with Crippen LogP contribution in [0.25, 0.3) is 0 Å². The second-order valence-corrected chi connectivity index (χ2v) is 7.88. The molecule has 1 saturated heterocycles. The molecule has 1 aromatic carbocycles. The fraction of sp³-hybridized carbons (Fsp3) is 0.294. The highest BCUT2D eigenvalue weighted by Gasteiger charge is 2.45. The first-order valence-corrected chi connectivity index (χ1v) is 9.45. The van der Waals surface area contributed by atoms with E-state index in [1.807, 2.05) is 30.3 Å². The summed E-state index contributed by atoms with van der Waals surface area (Å²) < 4.78 is 29.4. The summed E-state index contributed by atoms with van der Waals surface area (Å²) in [6, 6.07) is 10.7. The van der Waals surface area contributed by atoms with Gasteiger partial charge in [0, 0.05) is 25.5 Å². The number of aromatic nitrogens is 1. The van der Waals surface area contributed by atoms with E-state index in [4.69, 9.17) is 5.26 Å². The number of fused-ring (bicyclic) bond motifs is 1. The van der Waals surface area contributed by atoms with Crippen LogP contribution in [0.4, 0.5) is 11.4 Å². The van der Waals surface area contributed by atoms with Crippen molar-refractivity contribution in [3.8, 4) is 6.19 Å². The fourth-order valence-electron chi connectivity index (χ4n) is 3.45. The molecule has 1 aromatic heterocycles. The van der Waals surface area contributed by atoms with Crippen LogP contribution in [0.15, 0.2) is 48.8 Å². The van der Waals surface area contributed by atoms with Gasteiger partial charge in [-0.15, -0.1) is 0 Å². The zero-order valence-electron chi connectivity index (χ0n) is 13.5. The number of nitrogens with zero attached hydrogens (tertiary/aromatic N) is 5. The number of anilines is 2. The molecule has 0 aliphatic carbocycles. The van der Waals surface area contributed by atoms with Gasteiger partial charge in [-0.2, -0.15) is 13.7 Å². The zero-order valence-corrected chi connectivity index (χ0v) is 14.3. The van der Waals surface area contributed by atoms with E-state index in [0.29, 0.717) is 30.9 Å². The predicted molar refractivity (Wildman–Crippen MR) is 93.9 cm³/mol. The first-order valence-electron chi connectivity index (χ1n) is 8.06. The van der Waals surface area contributed by atoms with E-state index in [9.17, 15) is 8.42 Å². The molecule has 2 aromatic rings. The van der Waals surface area contributed by atoms with E-state index in [-0.39, 0.29) is 12.6 Å². The lowest BCUT2D eigenvalue weighted by molar-refractivity contribution is 0.478. The summed E-state index contributed by atoms with van der Waals surface area (Å²) in [5, 5.41) is 9.09. The Morgan fingerprint density at radius 2 is 2.00 bits per heavy atom. The number of likely N-dealkylation sites (tertiary alicyclic amines) is 1. The number of rotatable bonds is 3. The molecule has 128 valence electrons. The fourth-order valence-corrected chi connectivity index (χ4v) is 5.33. The monoisotopic (exact) mass is 355 g/mol. The Balaban J connectivity index is 1.74. The van der Waals surface area contributed by atoms with E-state index in [2.05, 4.69) is 11.2 Å². The van der Waals surface area contributed by atoms with Crippen LogP contribution in [-0.4, -0.2) is 37.4 Å². The molecule has 8 heteroatoms. The molecule has 0 radical (unpaired) electrons. The lowest BCUT2D eigenvalue weighted by Gasteiger charge is -2.26. The molecule has 25 heavy (non-hydrogen) atoms. The standard InChI is InChI=1S/C17H17N5O2S/c18-13-20-9-7-15(12-20)22-17-6-2-1-5-16(17)21(25(22,23)24)11-14-4-3-8-19-10-14/h1-6,8,10,15H,7,9,11-12H2/t15-/m1/s1. The Hall–Kier alpha value is -2.79. The van der Waals surface area contributed by atoms with Gasteiger partial charge in [-0.1, -0.05) is 18.2 Å². The van der Waals surface area contributed by atoms with E-state index >= 15 is 0 Å². The van der Waals surface area contributed by atoms with E-state index in [0.717, 1.165) is 5.56 Å². The van der Waals surface area contributed by atoms with Crippen molar-refractivity contribution in [3.63, 3.8) is 0 Å². The Morgan fingerprint density at radius 3 is 2.68 bits per heavy atom. The molecule has 3 heterocycles. The summed E-state index contributed by atoms with van der Waals surface area (Å²) in [5.74, 6) is 0. The summed E-state index contributed by atoms with van der Waals surface area (Å²) in [6.07, 6.45) is 6.09. The van der Waals surface area contributed by atoms with Crippen molar-refractivity contribution in [2.24, 2.45) is 0 Å². The van der Waals surface area contributed by atoms with Crippen LogP contribution in [-0.2, 0) is 16.8 Å². The topological polar surface area (TPSA) is 80.5 Å². The maximum absolute atomic E-state index is 13.3. The van der Waals surface area contributed by atoms with E-state index in [1.54, 1.807) is 23.4 Å². The van der Waals surface area contributed by atoms with Crippen LogP contribution in [0.1, 0.15) is 12.0 Å². The first kappa shape index (κ1) is 15.7. The lowest BCUT2D eigenvalue weighted by atomic mass is 10.2. The molecule has 0 spiro atoms. The molecule has 0 bridgehead atoms. The first-order chi connectivity index (χ1) is 12.1. The molecule has 0 amide bonds. The molecule has 2 aliphatic heterocycles. The number of hydrogen-bond donors (Lipinski definition) is 0. The average molecular weight is 355 g/mol. The van der Waals surface area contributed by atoms with Crippen LogP contribution in [0.3, 0.4) is 0 Å². The van der Waals surface area contributed by atoms with Gasteiger partial charge in [0.05, 0.1) is 24.0 Å². The van der Waals surface area contributed by atoms with Crippen LogP contribution in [0.5, 0.6) is 0 Å². The summed E-state index contributed by atoms with van der Waals surface area (Å²) in [5.41, 5.74) is 2.17. The van der Waals surface area contributed by atoms with Crippen LogP contribution in [0.2, 0.25) is 0 Å². The van der Waals surface area contributed by atoms with Crippen molar-refractivity contribution in [2.45, 2.75) is 19.0 Å². The molecular weight excluding hydrogens is 338 g/mol. The average Bonchev–Trinajstić information content (AvgIpc) is 3.17. The Morgan fingerprint density at radius 1 is 1.20 bits per heavy atom. The Kier molecular flexibility index (Phi) is 3.73. The molecule has 1 atom stereocenters. The van der Waals surface area contributed by atoms with Gasteiger partial charge in [0.2, 0.25) is 0 Å². The molecule has 7 nitrogen and oxygen atoms in total. The summed E-state index contributed by atoms with van der Waals surface area (Å²) in [4.78, 5) is 5.67. The molecule has 4 rings (SSSR count). The Bertz CT molecular complexity index is 926. The maximum Gasteiger partial charge on any atom is 0.327 e. The highest BCUT2D eigenvalue weighted by atomic mass is 32.2. The van der Waals surface area contributed by atoms with Gasteiger partial charge in [0.1, 0.15) is 0 Å². The third-order valence-electron chi connectivity index (χ3n) is 4.60. The molecule has 0 N–H and O–H groups in total. The van der Waals surface area contributed by atoms with Gasteiger partial charge < -0.3 is 4.90 Å². The van der Waals surface area contributed by atoms with E-state index < -0.39 is 10.2 Å². The van der Waals surface area contributed by atoms with Crippen molar-refractivity contribution in [2.75, 3.05) is 21.7 Å². The third-order valence-corrected chi connectivity index (χ3v) is 6.48. The van der Waals surface area contributed by atoms with Crippen LogP contribution in [0, 0.1) is 11.5 Å². The second kappa shape index (κ2) is 5.93. The highest BCUT2D eigenvalue weighted by molar-refractivity contribution is 7.94. The molecule has 2 aliphatic rings. The van der Waals surface area contributed by atoms with Gasteiger partial charge in [0.25, 0.3) is 0 Å². The predicted octanol–water partition coefficient (Wildman–Crippen LogP) is 1.71. The number of pyridine rings is 1. The summed E-state index contributed by atoms with van der Waals surface area (Å²) >= 11 is 0. The number of nitriles is 1. The second-order valence-electron chi connectivity index (χ2n) is 6.15. The van der Waals surface area contributed by atoms with Crippen molar-refractivity contribution >= 4 is 21.6 Å². The zero-order chi connectivity index (χ0) is 17.4. The van der Waals surface area contributed by atoms with Crippen LogP contribution >= 0.6 is 0 Å². The van der Waals surface area contributed by atoms with Crippen LogP contribution < -0.4 is 8.61 Å². The minimum Gasteiger partial charge on any atom is -0.308 e. The van der Waals surface area contributed by atoms with Crippen molar-refractivity contribution < 1.29 is 8.42 Å². The van der Waals surface area contributed by atoms with Crippen molar-refractivity contribution in [1.29, 1.82) is 5.26 Å². The normalized spacial score (nSPS) is 21.2. The Labute approximate surface area is 146 Å². The largest absolute Gasteiger partial charge is 0.327 e. The minimum absolute atomic E-state index is 0.232. The SMILES string of the molecule is N#CN1CC[C@@H](N2c3ccccc3N(Cc3cccnc3)S2(=O)=O)C1. The van der Waals surface area contributed by atoms with E-state index in [1.165, 1.54) is 8.61 Å². The minimum atomic E-state index is -3.70. The molecule has 0 saturated carbocycles. The highest BCUT2D eigenvalue weighted by Crippen LogP contribution is 2.43. The van der Waals surface area contributed by atoms with Gasteiger partial charge in [-0.05, 0) is 30.2 Å². The van der Waals surface area contributed by atoms with Gasteiger partial charge in [-0.3, -0.25) is 4.98 Å². The third kappa shape index (κ3) is 2.57. The number of hydrogen-bond acceptors (Lipinski definition) is 5. The number of para-hydroxylation sites is 2. The summed E-state index contributed by atoms with van der Waals surface area (Å²) in [7, 11) is -3.70. The van der Waals surface area contributed by atoms with Gasteiger partial charge in [-0.25, -0.2) is 8.61 Å². The molecule has 1 fully saturated rings.